The largest absolute Gasteiger partial charge is 0.486 e. The maximum Gasteiger partial charge on any atom is 0.228 e. The van der Waals surface area contributed by atoms with E-state index in [1.165, 1.54) is 0 Å². The molecule has 26 heavy (non-hydrogen) atoms. The molecule has 0 aliphatic carbocycles. The van der Waals surface area contributed by atoms with Crippen molar-refractivity contribution in [1.82, 2.24) is 15.2 Å². The Hall–Kier alpha value is -2.86. The van der Waals surface area contributed by atoms with Crippen molar-refractivity contribution in [3.63, 3.8) is 0 Å². The van der Waals surface area contributed by atoms with Crippen molar-refractivity contribution in [3.8, 4) is 17.0 Å². The molecule has 1 aliphatic rings. The van der Waals surface area contributed by atoms with Gasteiger partial charge in [-0.2, -0.15) is 5.10 Å². The summed E-state index contributed by atoms with van der Waals surface area (Å²) in [5.41, 5.74) is 2.67. The maximum atomic E-state index is 12.7. The molecule has 1 aromatic carbocycles. The van der Waals surface area contributed by atoms with Gasteiger partial charge in [0.1, 0.15) is 12.3 Å². The molecule has 0 atom stereocenters. The van der Waals surface area contributed by atoms with Crippen LogP contribution in [0.3, 0.4) is 0 Å². The minimum atomic E-state index is 0.0365. The highest BCUT2D eigenvalue weighted by Gasteiger charge is 2.28. The van der Waals surface area contributed by atoms with Crippen molar-refractivity contribution < 1.29 is 9.53 Å². The Morgan fingerprint density at radius 1 is 1.19 bits per heavy atom. The van der Waals surface area contributed by atoms with E-state index in [-0.39, 0.29) is 5.91 Å². The van der Waals surface area contributed by atoms with Gasteiger partial charge in [-0.1, -0.05) is 23.7 Å². The van der Waals surface area contributed by atoms with Gasteiger partial charge < -0.3 is 4.74 Å². The number of rotatable bonds is 4. The molecule has 1 amide bonds. The monoisotopic (exact) mass is 368 g/mol. The average molecular weight is 369 g/mol. The number of nitrogens with zero attached hydrogens (tertiary/aromatic N) is 3. The number of halogens is 1. The second kappa shape index (κ2) is 7.17. The van der Waals surface area contributed by atoms with Crippen molar-refractivity contribution in [2.24, 2.45) is 0 Å². The fourth-order valence-electron chi connectivity index (χ4n) is 2.99. The standard InChI is InChI=1S/C19H17ClN4O2/c20-15-4-1-13(2-5-15)3-6-16(25)24-11-12-26-18-17(22-23-19(18)24)14-7-9-21-10-8-14/h1-2,4-5,7-10H,3,6,11-12H2,(H,22,23). The number of hydrogen-bond donors (Lipinski definition) is 1. The summed E-state index contributed by atoms with van der Waals surface area (Å²) in [5, 5.41) is 7.99. The lowest BCUT2D eigenvalue weighted by molar-refractivity contribution is -0.118. The molecule has 7 heteroatoms. The molecule has 0 bridgehead atoms. The van der Waals surface area contributed by atoms with Gasteiger partial charge in [-0.05, 0) is 36.2 Å². The number of fused-ring (bicyclic) bond motifs is 1. The van der Waals surface area contributed by atoms with Crippen LogP contribution >= 0.6 is 11.6 Å². The number of amides is 1. The molecule has 1 N–H and O–H groups in total. The molecule has 0 radical (unpaired) electrons. The van der Waals surface area contributed by atoms with Crippen molar-refractivity contribution >= 4 is 23.3 Å². The summed E-state index contributed by atoms with van der Waals surface area (Å²) in [5.74, 6) is 1.26. The summed E-state index contributed by atoms with van der Waals surface area (Å²) < 4.78 is 5.78. The number of benzene rings is 1. The zero-order chi connectivity index (χ0) is 17.9. The summed E-state index contributed by atoms with van der Waals surface area (Å²) >= 11 is 5.90. The molecule has 0 saturated heterocycles. The highest BCUT2D eigenvalue weighted by atomic mass is 35.5. The van der Waals surface area contributed by atoms with E-state index in [2.05, 4.69) is 15.2 Å². The van der Waals surface area contributed by atoms with Gasteiger partial charge in [0.2, 0.25) is 5.91 Å². The SMILES string of the molecule is O=C(CCc1ccc(Cl)cc1)N1CCOc2c(-c3ccncc3)n[nH]c21. The molecule has 0 fully saturated rings. The van der Waals surface area contributed by atoms with E-state index in [4.69, 9.17) is 16.3 Å². The third-order valence-corrected chi connectivity index (χ3v) is 4.58. The Balaban J connectivity index is 1.51. The topological polar surface area (TPSA) is 71.1 Å². The van der Waals surface area contributed by atoms with Gasteiger partial charge >= 0.3 is 0 Å². The van der Waals surface area contributed by atoms with Crippen LogP contribution in [0.2, 0.25) is 5.02 Å². The van der Waals surface area contributed by atoms with Crippen LogP contribution in [-0.2, 0) is 11.2 Å². The highest BCUT2D eigenvalue weighted by Crippen LogP contribution is 2.38. The van der Waals surface area contributed by atoms with E-state index in [1.807, 2.05) is 36.4 Å². The quantitative estimate of drug-likeness (QED) is 0.765. The Morgan fingerprint density at radius 3 is 2.73 bits per heavy atom. The molecule has 6 nitrogen and oxygen atoms in total. The number of aromatic amines is 1. The van der Waals surface area contributed by atoms with E-state index in [1.54, 1.807) is 17.3 Å². The normalized spacial score (nSPS) is 13.2. The van der Waals surface area contributed by atoms with E-state index in [0.717, 1.165) is 11.1 Å². The zero-order valence-electron chi connectivity index (χ0n) is 14.0. The smallest absolute Gasteiger partial charge is 0.228 e. The summed E-state index contributed by atoms with van der Waals surface area (Å²) in [6, 6.07) is 11.3. The number of aromatic nitrogens is 3. The van der Waals surface area contributed by atoms with Crippen LogP contribution in [0.5, 0.6) is 5.75 Å². The molecular weight excluding hydrogens is 352 g/mol. The highest BCUT2D eigenvalue weighted by molar-refractivity contribution is 6.30. The second-order valence-corrected chi connectivity index (χ2v) is 6.44. The minimum Gasteiger partial charge on any atom is -0.486 e. The average Bonchev–Trinajstić information content (AvgIpc) is 3.12. The third kappa shape index (κ3) is 3.28. The first-order chi connectivity index (χ1) is 12.7. The molecule has 0 spiro atoms. The van der Waals surface area contributed by atoms with Crippen LogP contribution in [0.4, 0.5) is 5.82 Å². The number of aryl methyl sites for hydroxylation is 1. The minimum absolute atomic E-state index is 0.0365. The van der Waals surface area contributed by atoms with Crippen LogP contribution in [0, 0.1) is 0 Å². The van der Waals surface area contributed by atoms with Gasteiger partial charge in [-0.15, -0.1) is 0 Å². The van der Waals surface area contributed by atoms with Gasteiger partial charge in [0, 0.05) is 29.4 Å². The Morgan fingerprint density at radius 2 is 1.96 bits per heavy atom. The summed E-state index contributed by atoms with van der Waals surface area (Å²) in [4.78, 5) is 18.5. The van der Waals surface area contributed by atoms with Crippen LogP contribution < -0.4 is 9.64 Å². The molecule has 3 heterocycles. The van der Waals surface area contributed by atoms with Gasteiger partial charge in [0.25, 0.3) is 0 Å². The van der Waals surface area contributed by atoms with E-state index in [0.29, 0.717) is 48.3 Å². The number of pyridine rings is 1. The number of carbonyl (C=O) groups excluding carboxylic acids is 1. The molecule has 4 rings (SSSR count). The van der Waals surface area contributed by atoms with Crippen molar-refractivity contribution in [1.29, 1.82) is 0 Å². The molecule has 2 aromatic heterocycles. The summed E-state index contributed by atoms with van der Waals surface area (Å²) in [6.45, 7) is 0.946. The van der Waals surface area contributed by atoms with Gasteiger partial charge in [0.05, 0.1) is 6.54 Å². The van der Waals surface area contributed by atoms with E-state index < -0.39 is 0 Å². The third-order valence-electron chi connectivity index (χ3n) is 4.33. The summed E-state index contributed by atoms with van der Waals surface area (Å²) in [6.07, 6.45) is 4.47. The fraction of sp³-hybridized carbons (Fsp3) is 0.211. The predicted molar refractivity (Wildman–Crippen MR) is 99.4 cm³/mol. The summed E-state index contributed by atoms with van der Waals surface area (Å²) in [7, 11) is 0. The molecule has 3 aromatic rings. The van der Waals surface area contributed by atoms with E-state index in [9.17, 15) is 4.79 Å². The lowest BCUT2D eigenvalue weighted by Crippen LogP contribution is -2.38. The first kappa shape index (κ1) is 16.6. The molecule has 1 aliphatic heterocycles. The fourth-order valence-corrected chi connectivity index (χ4v) is 3.11. The van der Waals surface area contributed by atoms with E-state index >= 15 is 0 Å². The Bertz CT molecular complexity index is 909. The van der Waals surface area contributed by atoms with Crippen molar-refractivity contribution in [2.75, 3.05) is 18.1 Å². The van der Waals surface area contributed by atoms with Crippen LogP contribution in [-0.4, -0.2) is 34.2 Å². The number of anilines is 1. The lowest BCUT2D eigenvalue weighted by atomic mass is 10.1. The van der Waals surface area contributed by atoms with Gasteiger partial charge in [0.15, 0.2) is 11.6 Å². The first-order valence-electron chi connectivity index (χ1n) is 8.39. The molecule has 132 valence electrons. The van der Waals surface area contributed by atoms with Gasteiger partial charge in [-0.3, -0.25) is 19.8 Å². The van der Waals surface area contributed by atoms with Gasteiger partial charge in [-0.25, -0.2) is 0 Å². The zero-order valence-corrected chi connectivity index (χ0v) is 14.7. The van der Waals surface area contributed by atoms with Crippen molar-refractivity contribution in [3.05, 3.63) is 59.4 Å². The molecule has 0 unspecified atom stereocenters. The van der Waals surface area contributed by atoms with Crippen molar-refractivity contribution in [2.45, 2.75) is 12.8 Å². The Labute approximate surface area is 155 Å². The van der Waals surface area contributed by atoms with Crippen LogP contribution in [0.15, 0.2) is 48.8 Å². The maximum absolute atomic E-state index is 12.7. The lowest BCUT2D eigenvalue weighted by Gasteiger charge is -2.26. The number of nitrogens with one attached hydrogen (secondary N) is 1. The molecular formula is C19H17ClN4O2. The predicted octanol–water partition coefficient (Wildman–Crippen LogP) is 3.48. The molecule has 0 saturated carbocycles. The Kier molecular flexibility index (Phi) is 4.58. The first-order valence-corrected chi connectivity index (χ1v) is 8.76. The number of ether oxygens (including phenoxy) is 1. The van der Waals surface area contributed by atoms with Crippen LogP contribution in [0.25, 0.3) is 11.3 Å². The van der Waals surface area contributed by atoms with Crippen LogP contribution in [0.1, 0.15) is 12.0 Å². The number of H-pyrrole nitrogens is 1. The number of hydrogen-bond acceptors (Lipinski definition) is 4. The number of carbonyl (C=O) groups is 1. The second-order valence-electron chi connectivity index (χ2n) is 6.01.